The SMILES string of the molecule is C=CCNC(=O)CCN(CCC1=CCCCC1)C(C)=O. The number of hydrogen-bond donors (Lipinski definition) is 1. The van der Waals surface area contributed by atoms with Crippen molar-refractivity contribution in [3.63, 3.8) is 0 Å². The molecule has 0 aromatic rings. The van der Waals surface area contributed by atoms with E-state index in [1.807, 2.05) is 0 Å². The summed E-state index contributed by atoms with van der Waals surface area (Å²) in [7, 11) is 0. The Hall–Kier alpha value is -1.58. The molecule has 4 heteroatoms. The quantitative estimate of drug-likeness (QED) is 0.693. The van der Waals surface area contributed by atoms with E-state index >= 15 is 0 Å². The zero-order valence-corrected chi connectivity index (χ0v) is 12.5. The maximum Gasteiger partial charge on any atom is 0.222 e. The van der Waals surface area contributed by atoms with E-state index in [9.17, 15) is 9.59 Å². The van der Waals surface area contributed by atoms with Crippen molar-refractivity contribution in [1.29, 1.82) is 0 Å². The minimum absolute atomic E-state index is 0.0342. The van der Waals surface area contributed by atoms with Crippen LogP contribution in [0.5, 0.6) is 0 Å². The summed E-state index contributed by atoms with van der Waals surface area (Å²) in [6.45, 7) is 6.81. The molecule has 0 aliphatic heterocycles. The minimum atomic E-state index is -0.0342. The van der Waals surface area contributed by atoms with Crippen LogP contribution in [-0.4, -0.2) is 36.3 Å². The van der Waals surface area contributed by atoms with Gasteiger partial charge in [0.1, 0.15) is 0 Å². The summed E-state index contributed by atoms with van der Waals surface area (Å²) >= 11 is 0. The number of carbonyl (C=O) groups is 2. The second-order valence-electron chi connectivity index (χ2n) is 5.21. The van der Waals surface area contributed by atoms with Crippen molar-refractivity contribution in [2.24, 2.45) is 0 Å². The van der Waals surface area contributed by atoms with Gasteiger partial charge < -0.3 is 10.2 Å². The van der Waals surface area contributed by atoms with Gasteiger partial charge in [0.25, 0.3) is 0 Å². The van der Waals surface area contributed by atoms with Crippen LogP contribution in [0.3, 0.4) is 0 Å². The fourth-order valence-corrected chi connectivity index (χ4v) is 2.35. The summed E-state index contributed by atoms with van der Waals surface area (Å²) in [5.41, 5.74) is 1.46. The summed E-state index contributed by atoms with van der Waals surface area (Å²) in [5.74, 6) is 0.00552. The highest BCUT2D eigenvalue weighted by molar-refractivity contribution is 5.78. The maximum absolute atomic E-state index is 11.6. The largest absolute Gasteiger partial charge is 0.353 e. The molecule has 4 nitrogen and oxygen atoms in total. The lowest BCUT2D eigenvalue weighted by molar-refractivity contribution is -0.129. The van der Waals surface area contributed by atoms with Crippen LogP contribution in [0.25, 0.3) is 0 Å². The molecule has 1 rings (SSSR count). The Bertz CT molecular complexity index is 375. The molecular formula is C16H26N2O2. The van der Waals surface area contributed by atoms with Crippen LogP contribution in [0.2, 0.25) is 0 Å². The fraction of sp³-hybridized carbons (Fsp3) is 0.625. The second-order valence-corrected chi connectivity index (χ2v) is 5.21. The summed E-state index contributed by atoms with van der Waals surface area (Å²) in [6, 6.07) is 0. The van der Waals surface area contributed by atoms with Crippen LogP contribution >= 0.6 is 0 Å². The minimum Gasteiger partial charge on any atom is -0.353 e. The van der Waals surface area contributed by atoms with Gasteiger partial charge in [-0.2, -0.15) is 0 Å². The molecule has 0 aromatic heterocycles. The Morgan fingerprint density at radius 3 is 2.80 bits per heavy atom. The third-order valence-electron chi connectivity index (χ3n) is 3.59. The Balaban J connectivity index is 2.32. The molecular weight excluding hydrogens is 252 g/mol. The number of nitrogens with zero attached hydrogens (tertiary/aromatic N) is 1. The molecule has 0 heterocycles. The molecule has 0 fully saturated rings. The molecule has 1 N–H and O–H groups in total. The number of nitrogens with one attached hydrogen (secondary N) is 1. The number of rotatable bonds is 8. The predicted molar refractivity (Wildman–Crippen MR) is 81.2 cm³/mol. The Morgan fingerprint density at radius 1 is 1.40 bits per heavy atom. The van der Waals surface area contributed by atoms with Crippen LogP contribution in [0.15, 0.2) is 24.3 Å². The van der Waals surface area contributed by atoms with E-state index in [4.69, 9.17) is 0 Å². The molecule has 0 unspecified atom stereocenters. The molecule has 20 heavy (non-hydrogen) atoms. The molecule has 0 aromatic carbocycles. The van der Waals surface area contributed by atoms with Crippen LogP contribution < -0.4 is 5.32 Å². The average Bonchev–Trinajstić information content (AvgIpc) is 2.45. The number of hydrogen-bond acceptors (Lipinski definition) is 2. The molecule has 1 aliphatic rings. The van der Waals surface area contributed by atoms with Crippen LogP contribution in [-0.2, 0) is 9.59 Å². The monoisotopic (exact) mass is 278 g/mol. The topological polar surface area (TPSA) is 49.4 Å². The van der Waals surface area contributed by atoms with Gasteiger partial charge in [0.15, 0.2) is 0 Å². The predicted octanol–water partition coefficient (Wildman–Crippen LogP) is 2.42. The highest BCUT2D eigenvalue weighted by Gasteiger charge is 2.12. The van der Waals surface area contributed by atoms with Gasteiger partial charge in [-0.15, -0.1) is 6.58 Å². The second kappa shape index (κ2) is 9.34. The maximum atomic E-state index is 11.6. The highest BCUT2D eigenvalue weighted by atomic mass is 16.2. The number of allylic oxidation sites excluding steroid dienone is 1. The van der Waals surface area contributed by atoms with E-state index in [2.05, 4.69) is 18.0 Å². The van der Waals surface area contributed by atoms with Crippen molar-refractivity contribution < 1.29 is 9.59 Å². The van der Waals surface area contributed by atoms with Gasteiger partial charge in [0, 0.05) is 33.0 Å². The van der Waals surface area contributed by atoms with E-state index in [0.29, 0.717) is 19.5 Å². The van der Waals surface area contributed by atoms with E-state index < -0.39 is 0 Å². The first-order chi connectivity index (χ1) is 9.63. The van der Waals surface area contributed by atoms with Crippen LogP contribution in [0.4, 0.5) is 0 Å². The smallest absolute Gasteiger partial charge is 0.222 e. The van der Waals surface area contributed by atoms with Crippen molar-refractivity contribution in [3.05, 3.63) is 24.3 Å². The zero-order chi connectivity index (χ0) is 14.8. The summed E-state index contributed by atoms with van der Waals surface area (Å²) in [5, 5.41) is 2.73. The lowest BCUT2D eigenvalue weighted by atomic mass is 9.97. The molecule has 112 valence electrons. The Labute approximate surface area is 121 Å². The number of carbonyl (C=O) groups excluding carboxylic acids is 2. The van der Waals surface area contributed by atoms with Gasteiger partial charge in [0.05, 0.1) is 0 Å². The van der Waals surface area contributed by atoms with E-state index in [-0.39, 0.29) is 11.8 Å². The van der Waals surface area contributed by atoms with Gasteiger partial charge in [0.2, 0.25) is 11.8 Å². The molecule has 0 spiro atoms. The number of amides is 2. The van der Waals surface area contributed by atoms with E-state index in [1.165, 1.54) is 24.8 Å². The summed E-state index contributed by atoms with van der Waals surface area (Å²) < 4.78 is 0. The van der Waals surface area contributed by atoms with Gasteiger partial charge in [-0.25, -0.2) is 0 Å². The molecule has 0 radical (unpaired) electrons. The van der Waals surface area contributed by atoms with Gasteiger partial charge in [-0.3, -0.25) is 9.59 Å². The third kappa shape index (κ3) is 6.55. The molecule has 0 bridgehead atoms. The van der Waals surface area contributed by atoms with Crippen LogP contribution in [0, 0.1) is 0 Å². The lowest BCUT2D eigenvalue weighted by Crippen LogP contribution is -2.34. The standard InChI is InChI=1S/C16H26N2O2/c1-3-11-17-16(20)10-13-18(14(2)19)12-9-15-7-5-4-6-8-15/h3,7H,1,4-6,8-13H2,2H3,(H,17,20). The van der Waals surface area contributed by atoms with Crippen LogP contribution in [0.1, 0.15) is 45.4 Å². The molecule has 0 saturated carbocycles. The van der Waals surface area contributed by atoms with Gasteiger partial charge in [-0.1, -0.05) is 17.7 Å². The molecule has 0 atom stereocenters. The first-order valence-electron chi connectivity index (χ1n) is 7.44. The summed E-state index contributed by atoms with van der Waals surface area (Å²) in [4.78, 5) is 24.9. The van der Waals surface area contributed by atoms with E-state index in [1.54, 1.807) is 17.9 Å². The first-order valence-corrected chi connectivity index (χ1v) is 7.44. The normalized spacial score (nSPS) is 14.3. The Kier molecular flexibility index (Phi) is 7.70. The van der Waals surface area contributed by atoms with Gasteiger partial charge >= 0.3 is 0 Å². The lowest BCUT2D eigenvalue weighted by Gasteiger charge is -2.22. The van der Waals surface area contributed by atoms with Crippen molar-refractivity contribution >= 4 is 11.8 Å². The summed E-state index contributed by atoms with van der Waals surface area (Å²) in [6.07, 6.45) is 10.1. The van der Waals surface area contributed by atoms with Gasteiger partial charge in [-0.05, 0) is 32.1 Å². The highest BCUT2D eigenvalue weighted by Crippen LogP contribution is 2.20. The van der Waals surface area contributed by atoms with Crippen molar-refractivity contribution in [1.82, 2.24) is 10.2 Å². The third-order valence-corrected chi connectivity index (χ3v) is 3.59. The van der Waals surface area contributed by atoms with Crippen molar-refractivity contribution in [2.75, 3.05) is 19.6 Å². The van der Waals surface area contributed by atoms with Crippen molar-refractivity contribution in [2.45, 2.75) is 45.4 Å². The zero-order valence-electron chi connectivity index (χ0n) is 12.5. The van der Waals surface area contributed by atoms with E-state index in [0.717, 1.165) is 19.4 Å². The first kappa shape index (κ1) is 16.5. The molecule has 1 aliphatic carbocycles. The average molecular weight is 278 g/mol. The molecule has 0 saturated heterocycles. The molecule has 2 amide bonds. The Morgan fingerprint density at radius 2 is 2.20 bits per heavy atom. The fourth-order valence-electron chi connectivity index (χ4n) is 2.35. The van der Waals surface area contributed by atoms with Crippen molar-refractivity contribution in [3.8, 4) is 0 Å².